The van der Waals surface area contributed by atoms with Crippen molar-refractivity contribution in [1.29, 1.82) is 0 Å². The van der Waals surface area contributed by atoms with Gasteiger partial charge < -0.3 is 5.32 Å². The monoisotopic (exact) mass is 317 g/mol. The molecule has 0 aliphatic carbocycles. The van der Waals surface area contributed by atoms with Crippen molar-refractivity contribution in [2.75, 3.05) is 0 Å². The fraction of sp³-hybridized carbons (Fsp3) is 0.462. The first-order valence-corrected chi connectivity index (χ1v) is 7.01. The molecule has 2 unspecified atom stereocenters. The van der Waals surface area contributed by atoms with Crippen LogP contribution in [-0.2, 0) is 11.2 Å². The molecule has 1 aromatic carbocycles. The van der Waals surface area contributed by atoms with Crippen LogP contribution < -0.4 is 5.32 Å². The van der Waals surface area contributed by atoms with Crippen molar-refractivity contribution in [3.05, 3.63) is 34.9 Å². The summed E-state index contributed by atoms with van der Waals surface area (Å²) in [7, 11) is 0. The van der Waals surface area contributed by atoms with E-state index in [9.17, 15) is 4.79 Å². The topological polar surface area (TPSA) is 29.1 Å². The molecule has 0 saturated heterocycles. The number of halogens is 2. The summed E-state index contributed by atoms with van der Waals surface area (Å²) in [5.74, 6) is 0.0435. The van der Waals surface area contributed by atoms with E-state index in [1.807, 2.05) is 38.1 Å². The Kier molecular flexibility index (Phi) is 6.00. The van der Waals surface area contributed by atoms with Crippen molar-refractivity contribution < 1.29 is 4.79 Å². The molecule has 1 rings (SSSR count). The number of amides is 1. The van der Waals surface area contributed by atoms with Gasteiger partial charge in [0, 0.05) is 11.1 Å². The first kappa shape index (κ1) is 14.5. The minimum Gasteiger partial charge on any atom is -0.352 e. The summed E-state index contributed by atoms with van der Waals surface area (Å²) >= 11 is 9.25. The number of rotatable bonds is 5. The Balaban J connectivity index is 2.50. The van der Waals surface area contributed by atoms with Gasteiger partial charge in [0.1, 0.15) is 0 Å². The van der Waals surface area contributed by atoms with Crippen LogP contribution in [0.15, 0.2) is 24.3 Å². The summed E-state index contributed by atoms with van der Waals surface area (Å²) < 4.78 is 0. The minimum atomic E-state index is -0.107. The lowest BCUT2D eigenvalue weighted by Crippen LogP contribution is -2.38. The standard InChI is InChI=1S/C13H17BrClNO/c1-3-12(14)13(17)16-9(2)7-10-5-4-6-11(15)8-10/h4-6,8-9,12H,3,7H2,1-2H3,(H,16,17). The van der Waals surface area contributed by atoms with E-state index in [1.165, 1.54) is 0 Å². The number of hydrogen-bond donors (Lipinski definition) is 1. The van der Waals surface area contributed by atoms with Crippen LogP contribution in [0.3, 0.4) is 0 Å². The molecule has 0 heterocycles. The SMILES string of the molecule is CCC(Br)C(=O)NC(C)Cc1cccc(Cl)c1. The van der Waals surface area contributed by atoms with E-state index in [0.29, 0.717) is 0 Å². The van der Waals surface area contributed by atoms with Crippen molar-refractivity contribution >= 4 is 33.4 Å². The molecule has 4 heteroatoms. The zero-order valence-corrected chi connectivity index (χ0v) is 12.4. The molecule has 0 aliphatic heterocycles. The third-order valence-electron chi connectivity index (χ3n) is 2.46. The Morgan fingerprint density at radius 2 is 2.24 bits per heavy atom. The van der Waals surface area contributed by atoms with Gasteiger partial charge >= 0.3 is 0 Å². The van der Waals surface area contributed by atoms with Gasteiger partial charge in [-0.15, -0.1) is 0 Å². The third-order valence-corrected chi connectivity index (χ3v) is 3.76. The molecule has 94 valence electrons. The van der Waals surface area contributed by atoms with Crippen molar-refractivity contribution in [3.63, 3.8) is 0 Å². The van der Waals surface area contributed by atoms with Crippen LogP contribution in [0.5, 0.6) is 0 Å². The van der Waals surface area contributed by atoms with Gasteiger partial charge in [0.2, 0.25) is 5.91 Å². The van der Waals surface area contributed by atoms with Gasteiger partial charge in [-0.1, -0.05) is 46.6 Å². The molecule has 17 heavy (non-hydrogen) atoms. The van der Waals surface area contributed by atoms with E-state index in [0.717, 1.165) is 23.4 Å². The van der Waals surface area contributed by atoms with Gasteiger partial charge in [0.15, 0.2) is 0 Å². The Labute approximate surface area is 116 Å². The maximum absolute atomic E-state index is 11.7. The minimum absolute atomic E-state index is 0.0435. The summed E-state index contributed by atoms with van der Waals surface area (Å²) in [6.07, 6.45) is 1.57. The molecule has 0 fully saturated rings. The number of carbonyl (C=O) groups is 1. The van der Waals surface area contributed by atoms with Gasteiger partial charge in [-0.2, -0.15) is 0 Å². The average Bonchev–Trinajstić information content (AvgIpc) is 2.27. The quantitative estimate of drug-likeness (QED) is 0.826. The van der Waals surface area contributed by atoms with Gasteiger partial charge in [0.05, 0.1) is 4.83 Å². The second-order valence-corrected chi connectivity index (χ2v) is 5.66. The van der Waals surface area contributed by atoms with Gasteiger partial charge in [-0.25, -0.2) is 0 Å². The highest BCUT2D eigenvalue weighted by atomic mass is 79.9. The van der Waals surface area contributed by atoms with Crippen molar-refractivity contribution in [2.24, 2.45) is 0 Å². The second-order valence-electron chi connectivity index (χ2n) is 4.12. The van der Waals surface area contributed by atoms with Crippen molar-refractivity contribution in [1.82, 2.24) is 5.32 Å². The van der Waals surface area contributed by atoms with Crippen LogP contribution in [-0.4, -0.2) is 16.8 Å². The second kappa shape index (κ2) is 7.02. The van der Waals surface area contributed by atoms with E-state index in [-0.39, 0.29) is 16.8 Å². The van der Waals surface area contributed by atoms with E-state index < -0.39 is 0 Å². The smallest absolute Gasteiger partial charge is 0.233 e. The number of hydrogen-bond acceptors (Lipinski definition) is 1. The van der Waals surface area contributed by atoms with Gasteiger partial charge in [-0.3, -0.25) is 4.79 Å². The summed E-state index contributed by atoms with van der Waals surface area (Å²) in [5.41, 5.74) is 1.13. The molecule has 1 amide bonds. The van der Waals surface area contributed by atoms with E-state index in [2.05, 4.69) is 21.2 Å². The van der Waals surface area contributed by atoms with E-state index >= 15 is 0 Å². The first-order valence-electron chi connectivity index (χ1n) is 5.71. The van der Waals surface area contributed by atoms with Crippen LogP contribution in [0.25, 0.3) is 0 Å². The Morgan fingerprint density at radius 3 is 2.82 bits per heavy atom. The molecule has 2 atom stereocenters. The largest absolute Gasteiger partial charge is 0.352 e. The van der Waals surface area contributed by atoms with Gasteiger partial charge in [-0.05, 0) is 37.5 Å². The van der Waals surface area contributed by atoms with Crippen LogP contribution in [0.4, 0.5) is 0 Å². The number of benzene rings is 1. The Hall–Kier alpha value is -0.540. The summed E-state index contributed by atoms with van der Waals surface area (Å²) in [6, 6.07) is 7.81. The molecule has 0 bridgehead atoms. The molecule has 0 spiro atoms. The first-order chi connectivity index (χ1) is 8.02. The predicted molar refractivity (Wildman–Crippen MR) is 75.8 cm³/mol. The van der Waals surface area contributed by atoms with Crippen LogP contribution in [0.1, 0.15) is 25.8 Å². The number of nitrogens with one attached hydrogen (secondary N) is 1. The molecule has 0 radical (unpaired) electrons. The van der Waals surface area contributed by atoms with Crippen LogP contribution in [0.2, 0.25) is 5.02 Å². The summed E-state index contributed by atoms with van der Waals surface area (Å²) in [4.78, 5) is 11.6. The Morgan fingerprint density at radius 1 is 1.53 bits per heavy atom. The molecule has 1 N–H and O–H groups in total. The number of carbonyl (C=O) groups excluding carboxylic acids is 1. The molecule has 0 saturated carbocycles. The summed E-state index contributed by atoms with van der Waals surface area (Å²) in [6.45, 7) is 3.97. The maximum Gasteiger partial charge on any atom is 0.233 e. The highest BCUT2D eigenvalue weighted by molar-refractivity contribution is 9.10. The normalized spacial score (nSPS) is 14.1. The molecule has 2 nitrogen and oxygen atoms in total. The van der Waals surface area contributed by atoms with Crippen molar-refractivity contribution in [2.45, 2.75) is 37.6 Å². The molecule has 1 aromatic rings. The zero-order chi connectivity index (χ0) is 12.8. The highest BCUT2D eigenvalue weighted by Crippen LogP contribution is 2.12. The lowest BCUT2D eigenvalue weighted by atomic mass is 10.1. The zero-order valence-electron chi connectivity index (χ0n) is 10.0. The third kappa shape index (κ3) is 5.09. The fourth-order valence-corrected chi connectivity index (χ4v) is 1.93. The van der Waals surface area contributed by atoms with Crippen molar-refractivity contribution in [3.8, 4) is 0 Å². The highest BCUT2D eigenvalue weighted by Gasteiger charge is 2.14. The van der Waals surface area contributed by atoms with Crippen LogP contribution >= 0.6 is 27.5 Å². The number of alkyl halides is 1. The predicted octanol–water partition coefficient (Wildman–Crippen LogP) is 3.56. The fourth-order valence-electron chi connectivity index (χ4n) is 1.59. The van der Waals surface area contributed by atoms with E-state index in [1.54, 1.807) is 0 Å². The molecule has 0 aliphatic rings. The van der Waals surface area contributed by atoms with Crippen LogP contribution in [0, 0.1) is 0 Å². The van der Waals surface area contributed by atoms with E-state index in [4.69, 9.17) is 11.6 Å². The Bertz CT molecular complexity index is 383. The maximum atomic E-state index is 11.7. The van der Waals surface area contributed by atoms with Gasteiger partial charge in [0.25, 0.3) is 0 Å². The summed E-state index contributed by atoms with van der Waals surface area (Å²) in [5, 5.41) is 3.70. The molecular weight excluding hydrogens is 302 g/mol. The molecule has 0 aromatic heterocycles. The average molecular weight is 319 g/mol. The lowest BCUT2D eigenvalue weighted by molar-refractivity contribution is -0.121. The lowest BCUT2D eigenvalue weighted by Gasteiger charge is -2.16. The molecular formula is C13H17BrClNO.